The molecule has 0 saturated heterocycles. The summed E-state index contributed by atoms with van der Waals surface area (Å²) in [7, 11) is 0. The van der Waals surface area contributed by atoms with Crippen LogP contribution in [0.1, 0.15) is 56.9 Å². The second-order valence-electron chi connectivity index (χ2n) is 5.95. The lowest BCUT2D eigenvalue weighted by molar-refractivity contribution is -0.274. The van der Waals surface area contributed by atoms with Gasteiger partial charge >= 0.3 is 6.36 Å². The summed E-state index contributed by atoms with van der Waals surface area (Å²) in [5.74, 6) is 1.08. The Labute approximate surface area is 130 Å². The van der Waals surface area contributed by atoms with Crippen LogP contribution in [-0.2, 0) is 0 Å². The first-order valence-corrected chi connectivity index (χ1v) is 7.98. The van der Waals surface area contributed by atoms with Gasteiger partial charge in [-0.3, -0.25) is 0 Å². The molecule has 1 fully saturated rings. The fourth-order valence-electron chi connectivity index (χ4n) is 3.13. The smallest absolute Gasteiger partial charge is 0.406 e. The molecule has 122 valence electrons. The summed E-state index contributed by atoms with van der Waals surface area (Å²) in [6.45, 7) is 2.14. The minimum Gasteiger partial charge on any atom is -0.406 e. The van der Waals surface area contributed by atoms with Crippen LogP contribution in [0.4, 0.5) is 13.2 Å². The van der Waals surface area contributed by atoms with Crippen LogP contribution in [0.25, 0.3) is 0 Å². The van der Waals surface area contributed by atoms with Gasteiger partial charge in [-0.2, -0.15) is 0 Å². The molecule has 0 aliphatic heterocycles. The minimum atomic E-state index is -4.62. The summed E-state index contributed by atoms with van der Waals surface area (Å²) < 4.78 is 40.3. The van der Waals surface area contributed by atoms with Gasteiger partial charge in [-0.15, -0.1) is 13.2 Å². The maximum absolute atomic E-state index is 12.1. The van der Waals surface area contributed by atoms with Crippen molar-refractivity contribution in [1.29, 1.82) is 0 Å². The van der Waals surface area contributed by atoms with Crippen LogP contribution < -0.4 is 4.74 Å². The summed E-state index contributed by atoms with van der Waals surface area (Å²) in [4.78, 5) is 0. The van der Waals surface area contributed by atoms with E-state index in [0.717, 1.165) is 37.2 Å². The molecule has 22 heavy (non-hydrogen) atoms. The second-order valence-corrected chi connectivity index (χ2v) is 5.95. The highest BCUT2D eigenvalue weighted by Gasteiger charge is 2.31. The van der Waals surface area contributed by atoms with E-state index in [2.05, 4.69) is 23.8 Å². The van der Waals surface area contributed by atoms with Gasteiger partial charge in [-0.25, -0.2) is 0 Å². The van der Waals surface area contributed by atoms with Crippen molar-refractivity contribution < 1.29 is 17.9 Å². The molecule has 0 atom stereocenters. The molecule has 1 saturated carbocycles. The predicted octanol–water partition coefficient (Wildman–Crippen LogP) is 6.22. The molecule has 0 spiro atoms. The lowest BCUT2D eigenvalue weighted by atomic mass is 9.77. The van der Waals surface area contributed by atoms with E-state index in [1.165, 1.54) is 25.0 Å². The molecule has 1 aliphatic rings. The van der Waals surface area contributed by atoms with Crippen molar-refractivity contribution in [2.75, 3.05) is 0 Å². The highest BCUT2D eigenvalue weighted by molar-refractivity contribution is 5.29. The third-order valence-corrected chi connectivity index (χ3v) is 4.30. The standard InChI is InChI=1S/C18H23F3O/c1-2-3-4-5-14-6-8-15(9-7-14)16-10-12-17(13-11-16)22-18(19,20)21/h3-4,10-15H,2,5-9H2,1H3/b4-3+/t14-,15-. The van der Waals surface area contributed by atoms with Gasteiger partial charge in [-0.05, 0) is 68.1 Å². The number of allylic oxidation sites excluding steroid dienone is 2. The Hall–Kier alpha value is -1.45. The van der Waals surface area contributed by atoms with Crippen LogP contribution in [0, 0.1) is 5.92 Å². The van der Waals surface area contributed by atoms with E-state index < -0.39 is 6.36 Å². The van der Waals surface area contributed by atoms with Gasteiger partial charge in [0.15, 0.2) is 0 Å². The molecule has 1 aromatic carbocycles. The van der Waals surface area contributed by atoms with E-state index >= 15 is 0 Å². The first-order chi connectivity index (χ1) is 10.5. The Balaban J connectivity index is 1.85. The quantitative estimate of drug-likeness (QED) is 0.587. The zero-order chi connectivity index (χ0) is 16.0. The van der Waals surface area contributed by atoms with Gasteiger partial charge in [0.2, 0.25) is 0 Å². The van der Waals surface area contributed by atoms with Gasteiger partial charge in [0.1, 0.15) is 5.75 Å². The molecule has 0 radical (unpaired) electrons. The lowest BCUT2D eigenvalue weighted by Gasteiger charge is -2.28. The summed E-state index contributed by atoms with van der Waals surface area (Å²) >= 11 is 0. The fourth-order valence-corrected chi connectivity index (χ4v) is 3.13. The van der Waals surface area contributed by atoms with Crippen LogP contribution in [0.5, 0.6) is 5.75 Å². The predicted molar refractivity (Wildman–Crippen MR) is 81.9 cm³/mol. The Morgan fingerprint density at radius 1 is 1.05 bits per heavy atom. The van der Waals surface area contributed by atoms with E-state index in [9.17, 15) is 13.2 Å². The van der Waals surface area contributed by atoms with E-state index in [1.54, 1.807) is 12.1 Å². The number of rotatable bonds is 5. The molecule has 2 rings (SSSR count). The van der Waals surface area contributed by atoms with E-state index in [1.807, 2.05) is 0 Å². The van der Waals surface area contributed by atoms with E-state index in [4.69, 9.17) is 0 Å². The molecule has 4 heteroatoms. The van der Waals surface area contributed by atoms with Crippen molar-refractivity contribution in [3.8, 4) is 5.75 Å². The van der Waals surface area contributed by atoms with Crippen molar-refractivity contribution in [2.45, 2.75) is 57.7 Å². The fraction of sp³-hybridized carbons (Fsp3) is 0.556. The normalized spacial score (nSPS) is 22.9. The first kappa shape index (κ1) is 16.9. The average molecular weight is 312 g/mol. The molecule has 0 unspecified atom stereocenters. The number of ether oxygens (including phenoxy) is 1. The highest BCUT2D eigenvalue weighted by atomic mass is 19.4. The zero-order valence-electron chi connectivity index (χ0n) is 12.9. The Morgan fingerprint density at radius 3 is 2.23 bits per heavy atom. The Morgan fingerprint density at radius 2 is 1.68 bits per heavy atom. The van der Waals surface area contributed by atoms with Crippen molar-refractivity contribution in [3.05, 3.63) is 42.0 Å². The largest absolute Gasteiger partial charge is 0.573 e. The molecule has 0 aromatic heterocycles. The number of halogens is 3. The number of hydrogen-bond acceptors (Lipinski definition) is 1. The lowest BCUT2D eigenvalue weighted by Crippen LogP contribution is -2.17. The summed E-state index contributed by atoms with van der Waals surface area (Å²) in [5, 5.41) is 0. The van der Waals surface area contributed by atoms with Crippen LogP contribution >= 0.6 is 0 Å². The summed E-state index contributed by atoms with van der Waals surface area (Å²) in [6.07, 6.45) is 6.72. The number of hydrogen-bond donors (Lipinski definition) is 0. The van der Waals surface area contributed by atoms with Gasteiger partial charge in [-0.1, -0.05) is 31.2 Å². The zero-order valence-corrected chi connectivity index (χ0v) is 12.9. The first-order valence-electron chi connectivity index (χ1n) is 7.98. The van der Waals surface area contributed by atoms with Gasteiger partial charge < -0.3 is 4.74 Å². The maximum Gasteiger partial charge on any atom is 0.573 e. The molecule has 1 aromatic rings. The van der Waals surface area contributed by atoms with Gasteiger partial charge in [0, 0.05) is 0 Å². The van der Waals surface area contributed by atoms with Crippen molar-refractivity contribution in [3.63, 3.8) is 0 Å². The monoisotopic (exact) mass is 312 g/mol. The third-order valence-electron chi connectivity index (χ3n) is 4.30. The van der Waals surface area contributed by atoms with Gasteiger partial charge in [0.05, 0.1) is 0 Å². The Kier molecular flexibility index (Phi) is 5.92. The maximum atomic E-state index is 12.1. The minimum absolute atomic E-state index is 0.144. The molecule has 1 nitrogen and oxygen atoms in total. The average Bonchev–Trinajstić information content (AvgIpc) is 2.48. The molecule has 0 bridgehead atoms. The second kappa shape index (κ2) is 7.70. The number of benzene rings is 1. The summed E-state index contributed by atoms with van der Waals surface area (Å²) in [6, 6.07) is 6.36. The number of alkyl halides is 3. The van der Waals surface area contributed by atoms with Crippen LogP contribution in [-0.4, -0.2) is 6.36 Å². The topological polar surface area (TPSA) is 9.23 Å². The van der Waals surface area contributed by atoms with Crippen LogP contribution in [0.3, 0.4) is 0 Å². The van der Waals surface area contributed by atoms with Crippen molar-refractivity contribution >= 4 is 0 Å². The van der Waals surface area contributed by atoms with E-state index in [-0.39, 0.29) is 5.75 Å². The Bertz CT molecular complexity index is 468. The molecular weight excluding hydrogens is 289 g/mol. The summed E-state index contributed by atoms with van der Waals surface area (Å²) in [5.41, 5.74) is 1.12. The molecule has 1 aliphatic carbocycles. The van der Waals surface area contributed by atoms with Crippen molar-refractivity contribution in [1.82, 2.24) is 0 Å². The van der Waals surface area contributed by atoms with Gasteiger partial charge in [0.25, 0.3) is 0 Å². The highest BCUT2D eigenvalue weighted by Crippen LogP contribution is 2.37. The van der Waals surface area contributed by atoms with Crippen molar-refractivity contribution in [2.24, 2.45) is 5.92 Å². The van der Waals surface area contributed by atoms with Crippen LogP contribution in [0.15, 0.2) is 36.4 Å². The molecular formula is C18H23F3O. The molecule has 0 amide bonds. The van der Waals surface area contributed by atoms with E-state index in [0.29, 0.717) is 5.92 Å². The molecule has 0 heterocycles. The third kappa shape index (κ3) is 5.39. The molecule has 0 N–H and O–H groups in total. The van der Waals surface area contributed by atoms with Crippen LogP contribution in [0.2, 0.25) is 0 Å². The SMILES string of the molecule is CC/C=C/C[C@H]1CC[C@H](c2ccc(OC(F)(F)F)cc2)CC1.